The van der Waals surface area contributed by atoms with Crippen LogP contribution < -0.4 is 4.74 Å². The highest BCUT2D eigenvalue weighted by atomic mass is 35.5. The average Bonchev–Trinajstić information content (AvgIpc) is 2.52. The molecular formula is C18H15ClO2. The molecule has 0 aliphatic carbocycles. The fraction of sp³-hybridized carbons (Fsp3) is 0.111. The van der Waals surface area contributed by atoms with Crippen LogP contribution in [-0.2, 0) is 0 Å². The van der Waals surface area contributed by atoms with Crippen LogP contribution in [0.2, 0.25) is 5.02 Å². The lowest BCUT2D eigenvalue weighted by Crippen LogP contribution is -2.10. The fourth-order valence-corrected chi connectivity index (χ4v) is 2.54. The first kappa shape index (κ1) is 13.9. The van der Waals surface area contributed by atoms with Crippen molar-refractivity contribution in [3.05, 3.63) is 77.3 Å². The number of aliphatic hydroxyl groups is 1. The molecule has 0 aliphatic rings. The zero-order chi connectivity index (χ0) is 14.7. The predicted molar refractivity (Wildman–Crippen MR) is 85.9 cm³/mol. The summed E-state index contributed by atoms with van der Waals surface area (Å²) in [7, 11) is 0. The van der Waals surface area contributed by atoms with Crippen LogP contribution in [0, 0.1) is 0 Å². The van der Waals surface area contributed by atoms with Crippen LogP contribution in [0.1, 0.15) is 11.7 Å². The molecule has 106 valence electrons. The van der Waals surface area contributed by atoms with Gasteiger partial charge in [-0.15, -0.1) is 0 Å². The highest BCUT2D eigenvalue weighted by molar-refractivity contribution is 6.30. The van der Waals surface area contributed by atoms with E-state index in [0.29, 0.717) is 10.8 Å². The Hall–Kier alpha value is -2.03. The Balaban J connectivity index is 1.79. The number of hydrogen-bond acceptors (Lipinski definition) is 2. The van der Waals surface area contributed by atoms with Crippen molar-refractivity contribution in [2.45, 2.75) is 6.10 Å². The van der Waals surface area contributed by atoms with Crippen LogP contribution in [0.25, 0.3) is 10.8 Å². The van der Waals surface area contributed by atoms with Crippen LogP contribution in [0.3, 0.4) is 0 Å². The van der Waals surface area contributed by atoms with E-state index in [2.05, 4.69) is 0 Å². The van der Waals surface area contributed by atoms with Crippen molar-refractivity contribution >= 4 is 22.4 Å². The van der Waals surface area contributed by atoms with Crippen molar-refractivity contribution in [3.8, 4) is 5.75 Å². The third-order valence-corrected chi connectivity index (χ3v) is 3.62. The summed E-state index contributed by atoms with van der Waals surface area (Å²) in [5, 5.41) is 13.2. The molecule has 0 saturated carbocycles. The summed E-state index contributed by atoms with van der Waals surface area (Å²) in [6.45, 7) is 0.189. The first-order chi connectivity index (χ1) is 10.2. The molecule has 1 N–H and O–H groups in total. The summed E-state index contributed by atoms with van der Waals surface area (Å²) in [6, 6.07) is 21.1. The van der Waals surface area contributed by atoms with Gasteiger partial charge in [0.05, 0.1) is 0 Å². The monoisotopic (exact) mass is 298 g/mol. The van der Waals surface area contributed by atoms with E-state index in [-0.39, 0.29) is 6.61 Å². The highest BCUT2D eigenvalue weighted by Gasteiger charge is 2.11. The Bertz CT molecular complexity index is 750. The number of benzene rings is 3. The summed E-state index contributed by atoms with van der Waals surface area (Å²) >= 11 is 5.91. The normalized spacial score (nSPS) is 12.3. The molecule has 0 saturated heterocycles. The third kappa shape index (κ3) is 3.18. The predicted octanol–water partition coefficient (Wildman–Crippen LogP) is 4.61. The van der Waals surface area contributed by atoms with E-state index in [4.69, 9.17) is 16.3 Å². The molecule has 0 fully saturated rings. The van der Waals surface area contributed by atoms with Crippen molar-refractivity contribution in [2.24, 2.45) is 0 Å². The van der Waals surface area contributed by atoms with Gasteiger partial charge in [0, 0.05) is 5.02 Å². The van der Waals surface area contributed by atoms with Gasteiger partial charge in [0.25, 0.3) is 0 Å². The van der Waals surface area contributed by atoms with Crippen LogP contribution in [0.4, 0.5) is 0 Å². The second-order valence-corrected chi connectivity index (χ2v) is 5.29. The molecule has 2 nitrogen and oxygen atoms in total. The maximum atomic E-state index is 10.4. The minimum Gasteiger partial charge on any atom is -0.490 e. The molecule has 1 unspecified atom stereocenters. The van der Waals surface area contributed by atoms with Crippen LogP contribution in [0.15, 0.2) is 66.7 Å². The lowest BCUT2D eigenvalue weighted by Gasteiger charge is -2.15. The molecule has 0 amide bonds. The van der Waals surface area contributed by atoms with E-state index in [1.54, 1.807) is 12.1 Å². The van der Waals surface area contributed by atoms with E-state index < -0.39 is 6.10 Å². The van der Waals surface area contributed by atoms with Crippen molar-refractivity contribution in [1.29, 1.82) is 0 Å². The van der Waals surface area contributed by atoms with Crippen LogP contribution in [0.5, 0.6) is 5.75 Å². The van der Waals surface area contributed by atoms with Gasteiger partial charge in [-0.25, -0.2) is 0 Å². The van der Waals surface area contributed by atoms with E-state index >= 15 is 0 Å². The van der Waals surface area contributed by atoms with Gasteiger partial charge >= 0.3 is 0 Å². The number of fused-ring (bicyclic) bond motifs is 1. The van der Waals surface area contributed by atoms with Gasteiger partial charge in [-0.3, -0.25) is 0 Å². The van der Waals surface area contributed by atoms with Gasteiger partial charge < -0.3 is 9.84 Å². The van der Waals surface area contributed by atoms with Crippen molar-refractivity contribution < 1.29 is 9.84 Å². The lowest BCUT2D eigenvalue weighted by atomic mass is 10.0. The summed E-state index contributed by atoms with van der Waals surface area (Å²) in [5.41, 5.74) is 0.870. The molecule has 0 heterocycles. The number of halogens is 1. The first-order valence-corrected chi connectivity index (χ1v) is 7.16. The van der Waals surface area contributed by atoms with Gasteiger partial charge in [0.1, 0.15) is 18.5 Å². The zero-order valence-corrected chi connectivity index (χ0v) is 12.1. The molecule has 0 bridgehead atoms. The van der Waals surface area contributed by atoms with Crippen LogP contribution in [-0.4, -0.2) is 11.7 Å². The van der Waals surface area contributed by atoms with E-state index in [0.717, 1.165) is 16.3 Å². The number of rotatable bonds is 4. The first-order valence-electron chi connectivity index (χ1n) is 6.78. The Morgan fingerprint density at radius 2 is 1.71 bits per heavy atom. The topological polar surface area (TPSA) is 29.5 Å². The minimum atomic E-state index is -0.685. The van der Waals surface area contributed by atoms with Gasteiger partial charge in [0.2, 0.25) is 0 Å². The lowest BCUT2D eigenvalue weighted by molar-refractivity contribution is 0.109. The van der Waals surface area contributed by atoms with Gasteiger partial charge in [-0.05, 0) is 34.5 Å². The molecular weight excluding hydrogens is 284 g/mol. The summed E-state index contributed by atoms with van der Waals surface area (Å²) in [5.74, 6) is 0.654. The van der Waals surface area contributed by atoms with Gasteiger partial charge in [-0.2, -0.15) is 0 Å². The maximum absolute atomic E-state index is 10.4. The summed E-state index contributed by atoms with van der Waals surface area (Å²) < 4.78 is 5.62. The molecule has 3 aromatic rings. The second kappa shape index (κ2) is 6.17. The molecule has 3 aromatic carbocycles. The Morgan fingerprint density at radius 3 is 2.57 bits per heavy atom. The Morgan fingerprint density at radius 1 is 0.952 bits per heavy atom. The van der Waals surface area contributed by atoms with E-state index in [9.17, 15) is 5.11 Å². The van der Waals surface area contributed by atoms with E-state index in [1.807, 2.05) is 54.6 Å². The Kier molecular flexibility index (Phi) is 4.09. The smallest absolute Gasteiger partial charge is 0.120 e. The largest absolute Gasteiger partial charge is 0.490 e. The maximum Gasteiger partial charge on any atom is 0.120 e. The third-order valence-electron chi connectivity index (χ3n) is 3.39. The van der Waals surface area contributed by atoms with Gasteiger partial charge in [-0.1, -0.05) is 60.1 Å². The number of hydrogen-bond donors (Lipinski definition) is 1. The molecule has 3 heteroatoms. The molecule has 0 aliphatic heterocycles. The fourth-order valence-electron chi connectivity index (χ4n) is 2.36. The van der Waals surface area contributed by atoms with Crippen molar-refractivity contribution in [3.63, 3.8) is 0 Å². The van der Waals surface area contributed by atoms with Crippen molar-refractivity contribution in [2.75, 3.05) is 6.61 Å². The molecule has 0 radical (unpaired) electrons. The Labute approximate surface area is 128 Å². The zero-order valence-electron chi connectivity index (χ0n) is 11.4. The minimum absolute atomic E-state index is 0.189. The molecule has 21 heavy (non-hydrogen) atoms. The standard InChI is InChI=1S/C18H15ClO2/c19-14-7-4-8-15(11-14)21-12-18(20)17-10-3-6-13-5-1-2-9-16(13)17/h1-11,18,20H,12H2. The van der Waals surface area contributed by atoms with Gasteiger partial charge in [0.15, 0.2) is 0 Å². The SMILES string of the molecule is OC(COc1cccc(Cl)c1)c1cccc2ccccc12. The number of ether oxygens (including phenoxy) is 1. The average molecular weight is 299 g/mol. The molecule has 1 atom stereocenters. The molecule has 0 spiro atoms. The quantitative estimate of drug-likeness (QED) is 0.762. The highest BCUT2D eigenvalue weighted by Crippen LogP contribution is 2.25. The second-order valence-electron chi connectivity index (χ2n) is 4.85. The molecule has 0 aromatic heterocycles. The van der Waals surface area contributed by atoms with Crippen molar-refractivity contribution in [1.82, 2.24) is 0 Å². The van der Waals surface area contributed by atoms with E-state index in [1.165, 1.54) is 0 Å². The summed E-state index contributed by atoms with van der Waals surface area (Å²) in [6.07, 6.45) is -0.685. The number of aliphatic hydroxyl groups excluding tert-OH is 1. The molecule has 3 rings (SSSR count). The van der Waals surface area contributed by atoms with Crippen LogP contribution >= 0.6 is 11.6 Å². The summed E-state index contributed by atoms with van der Waals surface area (Å²) in [4.78, 5) is 0.